The third kappa shape index (κ3) is 4.75. The summed E-state index contributed by atoms with van der Waals surface area (Å²) in [5.41, 5.74) is 5.25. The van der Waals surface area contributed by atoms with Crippen molar-refractivity contribution in [2.24, 2.45) is 0 Å². The highest BCUT2D eigenvalue weighted by atomic mass is 16.5. The molecule has 0 unspecified atom stereocenters. The molecule has 0 spiro atoms. The van der Waals surface area contributed by atoms with E-state index in [1.165, 1.54) is 0 Å². The van der Waals surface area contributed by atoms with E-state index in [1.54, 1.807) is 18.5 Å². The molecule has 154 valence electrons. The average Bonchev–Trinajstić information content (AvgIpc) is 2.76. The topological polar surface area (TPSA) is 81.2 Å². The van der Waals surface area contributed by atoms with Gasteiger partial charge in [0.05, 0.1) is 16.8 Å². The van der Waals surface area contributed by atoms with Gasteiger partial charge in [-0.2, -0.15) is 0 Å². The lowest BCUT2D eigenvalue weighted by Gasteiger charge is -2.11. The molecule has 0 bridgehead atoms. The molecule has 4 rings (SSSR count). The van der Waals surface area contributed by atoms with Crippen molar-refractivity contribution in [1.29, 1.82) is 0 Å². The van der Waals surface area contributed by atoms with Crippen LogP contribution in [0.2, 0.25) is 0 Å². The number of esters is 1. The van der Waals surface area contributed by atoms with Crippen LogP contribution < -0.4 is 5.32 Å². The highest BCUT2D eigenvalue weighted by molar-refractivity contribution is 6.05. The van der Waals surface area contributed by atoms with Crippen LogP contribution in [-0.2, 0) is 9.53 Å². The number of carbonyl (C=O) groups excluding carboxylic acids is 2. The van der Waals surface area contributed by atoms with Gasteiger partial charge in [0, 0.05) is 29.0 Å². The number of nitrogens with zero attached hydrogens (tertiary/aromatic N) is 2. The van der Waals surface area contributed by atoms with Gasteiger partial charge in [-0.3, -0.25) is 9.78 Å². The van der Waals surface area contributed by atoms with Crippen molar-refractivity contribution in [3.05, 3.63) is 89.7 Å². The molecule has 31 heavy (non-hydrogen) atoms. The van der Waals surface area contributed by atoms with Crippen LogP contribution in [0, 0.1) is 13.8 Å². The van der Waals surface area contributed by atoms with E-state index < -0.39 is 11.9 Å². The van der Waals surface area contributed by atoms with Gasteiger partial charge in [-0.1, -0.05) is 24.3 Å². The van der Waals surface area contributed by atoms with E-state index >= 15 is 0 Å². The predicted molar refractivity (Wildman–Crippen MR) is 120 cm³/mol. The molecule has 0 saturated heterocycles. The number of fused-ring (bicyclic) bond motifs is 1. The molecule has 4 aromatic rings. The number of hydrogen-bond donors (Lipinski definition) is 1. The van der Waals surface area contributed by atoms with Gasteiger partial charge in [-0.25, -0.2) is 9.78 Å². The van der Waals surface area contributed by atoms with Crippen LogP contribution >= 0.6 is 0 Å². The first kappa shape index (κ1) is 20.2. The highest BCUT2D eigenvalue weighted by Gasteiger charge is 2.16. The molecule has 2 heterocycles. The summed E-state index contributed by atoms with van der Waals surface area (Å²) in [6.45, 7) is 3.53. The first-order chi connectivity index (χ1) is 15.0. The van der Waals surface area contributed by atoms with Crippen molar-refractivity contribution in [3.8, 4) is 11.3 Å². The number of benzene rings is 2. The van der Waals surface area contributed by atoms with Gasteiger partial charge in [0.15, 0.2) is 6.61 Å². The van der Waals surface area contributed by atoms with E-state index in [0.29, 0.717) is 27.8 Å². The molecular formula is C25H21N3O3. The van der Waals surface area contributed by atoms with Crippen LogP contribution in [0.1, 0.15) is 21.5 Å². The molecule has 0 aliphatic carbocycles. The van der Waals surface area contributed by atoms with E-state index in [2.05, 4.69) is 15.3 Å². The first-order valence-electron chi connectivity index (χ1n) is 9.85. The number of anilines is 1. The molecule has 1 amide bonds. The second kappa shape index (κ2) is 8.75. The largest absolute Gasteiger partial charge is 0.452 e. The van der Waals surface area contributed by atoms with Crippen molar-refractivity contribution in [3.63, 3.8) is 0 Å². The Hall–Kier alpha value is -4.06. The van der Waals surface area contributed by atoms with Crippen molar-refractivity contribution in [1.82, 2.24) is 9.97 Å². The summed E-state index contributed by atoms with van der Waals surface area (Å²) in [5.74, 6) is -0.976. The number of ether oxygens (including phenoxy) is 1. The van der Waals surface area contributed by atoms with Gasteiger partial charge in [0.2, 0.25) is 0 Å². The predicted octanol–water partition coefficient (Wildman–Crippen LogP) is 4.71. The molecule has 0 aliphatic heterocycles. The summed E-state index contributed by atoms with van der Waals surface area (Å²) < 4.78 is 5.33. The van der Waals surface area contributed by atoms with Gasteiger partial charge in [0.1, 0.15) is 0 Å². The molecule has 0 atom stereocenters. The fraction of sp³-hybridized carbons (Fsp3) is 0.120. The number of amides is 1. The number of rotatable bonds is 5. The van der Waals surface area contributed by atoms with Gasteiger partial charge >= 0.3 is 5.97 Å². The van der Waals surface area contributed by atoms with Crippen molar-refractivity contribution >= 4 is 28.5 Å². The summed E-state index contributed by atoms with van der Waals surface area (Å²) in [7, 11) is 0. The molecule has 2 aromatic heterocycles. The second-order valence-electron chi connectivity index (χ2n) is 7.31. The standard InChI is InChI=1S/C25H21N3O3/c1-16-11-17(2)13-19(12-16)27-24(29)15-31-25(30)21-14-23(18-7-9-26-10-8-18)28-22-6-4-3-5-20(21)22/h3-14H,15H2,1-2H3,(H,27,29). The van der Waals surface area contributed by atoms with Crippen LogP contribution in [0.3, 0.4) is 0 Å². The van der Waals surface area contributed by atoms with Crippen LogP contribution in [-0.4, -0.2) is 28.5 Å². The Morgan fingerprint density at radius 1 is 0.935 bits per heavy atom. The quantitative estimate of drug-likeness (QED) is 0.481. The summed E-state index contributed by atoms with van der Waals surface area (Å²) in [5, 5.41) is 3.44. The fourth-order valence-corrected chi connectivity index (χ4v) is 3.47. The molecule has 2 aromatic carbocycles. The SMILES string of the molecule is Cc1cc(C)cc(NC(=O)COC(=O)c2cc(-c3ccncc3)nc3ccccc23)c1. The Bertz CT molecular complexity index is 1250. The number of aromatic nitrogens is 2. The van der Waals surface area contributed by atoms with E-state index in [0.717, 1.165) is 16.7 Å². The highest BCUT2D eigenvalue weighted by Crippen LogP contribution is 2.25. The van der Waals surface area contributed by atoms with Crippen LogP contribution in [0.4, 0.5) is 5.69 Å². The zero-order chi connectivity index (χ0) is 21.8. The third-order valence-electron chi connectivity index (χ3n) is 4.75. The lowest BCUT2D eigenvalue weighted by Crippen LogP contribution is -2.21. The number of nitrogens with one attached hydrogen (secondary N) is 1. The van der Waals surface area contributed by atoms with Crippen molar-refractivity contribution < 1.29 is 14.3 Å². The number of pyridine rings is 2. The Kier molecular flexibility index (Phi) is 5.71. The second-order valence-corrected chi connectivity index (χ2v) is 7.31. The number of hydrogen-bond acceptors (Lipinski definition) is 5. The van der Waals surface area contributed by atoms with E-state index in [-0.39, 0.29) is 6.61 Å². The van der Waals surface area contributed by atoms with Crippen LogP contribution in [0.5, 0.6) is 0 Å². The van der Waals surface area contributed by atoms with Crippen molar-refractivity contribution in [2.45, 2.75) is 13.8 Å². The average molecular weight is 411 g/mol. The third-order valence-corrected chi connectivity index (χ3v) is 4.75. The molecule has 0 saturated carbocycles. The normalized spacial score (nSPS) is 10.6. The number of carbonyl (C=O) groups is 2. The summed E-state index contributed by atoms with van der Waals surface area (Å²) in [6.07, 6.45) is 3.34. The maximum absolute atomic E-state index is 12.9. The smallest absolute Gasteiger partial charge is 0.339 e. The Morgan fingerprint density at radius 3 is 2.39 bits per heavy atom. The summed E-state index contributed by atoms with van der Waals surface area (Å²) in [6, 6.07) is 18.4. The monoisotopic (exact) mass is 411 g/mol. The van der Waals surface area contributed by atoms with Gasteiger partial charge in [-0.15, -0.1) is 0 Å². The van der Waals surface area contributed by atoms with E-state index in [1.807, 2.05) is 68.4 Å². The minimum Gasteiger partial charge on any atom is -0.452 e. The lowest BCUT2D eigenvalue weighted by atomic mass is 10.0. The minimum atomic E-state index is -0.579. The maximum atomic E-state index is 12.9. The Morgan fingerprint density at radius 2 is 1.65 bits per heavy atom. The van der Waals surface area contributed by atoms with Crippen molar-refractivity contribution in [2.75, 3.05) is 11.9 Å². The molecule has 0 radical (unpaired) electrons. The molecule has 0 aliphatic rings. The zero-order valence-electron chi connectivity index (χ0n) is 17.3. The van der Waals surface area contributed by atoms with Gasteiger partial charge < -0.3 is 10.1 Å². The maximum Gasteiger partial charge on any atom is 0.339 e. The summed E-state index contributed by atoms with van der Waals surface area (Å²) >= 11 is 0. The fourth-order valence-electron chi connectivity index (χ4n) is 3.47. The van der Waals surface area contributed by atoms with E-state index in [9.17, 15) is 9.59 Å². The first-order valence-corrected chi connectivity index (χ1v) is 9.85. The Balaban J connectivity index is 1.55. The van der Waals surface area contributed by atoms with Crippen LogP contribution in [0.25, 0.3) is 22.2 Å². The molecule has 0 fully saturated rings. The van der Waals surface area contributed by atoms with Gasteiger partial charge in [-0.05, 0) is 61.4 Å². The Labute approximate surface area is 179 Å². The van der Waals surface area contributed by atoms with Gasteiger partial charge in [0.25, 0.3) is 5.91 Å². The zero-order valence-corrected chi connectivity index (χ0v) is 17.3. The molecule has 6 nitrogen and oxygen atoms in total. The number of para-hydroxylation sites is 1. The minimum absolute atomic E-state index is 0.358. The van der Waals surface area contributed by atoms with Crippen LogP contribution in [0.15, 0.2) is 73.1 Å². The lowest BCUT2D eigenvalue weighted by molar-refractivity contribution is -0.119. The molecular weight excluding hydrogens is 390 g/mol. The summed E-state index contributed by atoms with van der Waals surface area (Å²) in [4.78, 5) is 33.8. The molecule has 6 heteroatoms. The van der Waals surface area contributed by atoms with E-state index in [4.69, 9.17) is 4.74 Å². The number of aryl methyl sites for hydroxylation is 2. The molecule has 1 N–H and O–H groups in total.